The van der Waals surface area contributed by atoms with Crippen molar-refractivity contribution >= 4 is 57.2 Å². The summed E-state index contributed by atoms with van der Waals surface area (Å²) in [5, 5.41) is 0.995. The van der Waals surface area contributed by atoms with Crippen LogP contribution >= 0.6 is 47.6 Å². The Hall–Kier alpha value is -1.20. The van der Waals surface area contributed by atoms with Gasteiger partial charge in [0.05, 0.1) is 0 Å². The van der Waals surface area contributed by atoms with Crippen LogP contribution < -0.4 is 9.47 Å². The molecular weight excluding hydrogens is 335 g/mol. The SMILES string of the molecule is S=C(Cl)Oc1ccc(C(=S)Oc2ccc(Cl)cc2)cc1. The summed E-state index contributed by atoms with van der Waals surface area (Å²) in [6, 6.07) is 13.9. The van der Waals surface area contributed by atoms with E-state index in [0.29, 0.717) is 21.6 Å². The van der Waals surface area contributed by atoms with E-state index in [1.54, 1.807) is 48.5 Å². The Kier molecular flexibility index (Phi) is 5.31. The van der Waals surface area contributed by atoms with Crippen LogP contribution in [0.5, 0.6) is 11.5 Å². The van der Waals surface area contributed by atoms with Gasteiger partial charge in [-0.3, -0.25) is 0 Å². The first-order valence-corrected chi connectivity index (χ1v) is 7.07. The highest BCUT2D eigenvalue weighted by Gasteiger charge is 2.05. The van der Waals surface area contributed by atoms with Gasteiger partial charge in [0.15, 0.2) is 5.05 Å². The van der Waals surface area contributed by atoms with Crippen LogP contribution in [0.2, 0.25) is 5.02 Å². The molecule has 0 aliphatic rings. The van der Waals surface area contributed by atoms with Crippen molar-refractivity contribution < 1.29 is 9.47 Å². The minimum atomic E-state index is -0.0576. The zero-order valence-electron chi connectivity index (χ0n) is 10.0. The van der Waals surface area contributed by atoms with E-state index in [1.165, 1.54) is 0 Å². The fourth-order valence-electron chi connectivity index (χ4n) is 1.42. The second-order valence-corrected chi connectivity index (χ2v) is 5.45. The predicted octanol–water partition coefficient (Wildman–Crippen LogP) is 5.00. The normalized spacial score (nSPS) is 9.90. The smallest absolute Gasteiger partial charge is 0.260 e. The van der Waals surface area contributed by atoms with Gasteiger partial charge in [0.1, 0.15) is 11.5 Å². The largest absolute Gasteiger partial charge is 0.445 e. The molecule has 0 aliphatic carbocycles. The van der Waals surface area contributed by atoms with Crippen LogP contribution in [0.3, 0.4) is 0 Å². The molecule has 6 heteroatoms. The number of ether oxygens (including phenoxy) is 2. The third-order valence-electron chi connectivity index (χ3n) is 2.31. The molecule has 0 saturated carbocycles. The highest BCUT2D eigenvalue weighted by atomic mass is 35.5. The molecule has 2 aromatic carbocycles. The van der Waals surface area contributed by atoms with E-state index in [1.807, 2.05) is 0 Å². The molecule has 0 spiro atoms. The molecule has 0 aliphatic heterocycles. The lowest BCUT2D eigenvalue weighted by Crippen LogP contribution is -2.07. The first-order valence-electron chi connectivity index (χ1n) is 5.50. The van der Waals surface area contributed by atoms with Crippen LogP contribution in [-0.4, -0.2) is 9.56 Å². The van der Waals surface area contributed by atoms with Crippen molar-refractivity contribution in [3.63, 3.8) is 0 Å². The number of hydrogen-bond acceptors (Lipinski definition) is 4. The third-order valence-corrected chi connectivity index (χ3v) is 3.04. The second kappa shape index (κ2) is 6.99. The summed E-state index contributed by atoms with van der Waals surface area (Å²) in [5.74, 6) is 1.17. The Morgan fingerprint density at radius 2 is 1.30 bits per heavy atom. The lowest BCUT2D eigenvalue weighted by molar-refractivity contribution is 0.565. The summed E-state index contributed by atoms with van der Waals surface area (Å²) < 4.78 is 10.6. The average Bonchev–Trinajstić information content (AvgIpc) is 2.41. The molecule has 0 saturated heterocycles. The molecule has 2 aromatic rings. The van der Waals surface area contributed by atoms with Crippen molar-refractivity contribution in [2.24, 2.45) is 0 Å². The van der Waals surface area contributed by atoms with Crippen LogP contribution in [0.25, 0.3) is 0 Å². The molecule has 2 nitrogen and oxygen atoms in total. The number of hydrogen-bond donors (Lipinski definition) is 0. The maximum absolute atomic E-state index is 5.80. The van der Waals surface area contributed by atoms with Gasteiger partial charge in [-0.25, -0.2) is 0 Å². The highest BCUT2D eigenvalue weighted by Crippen LogP contribution is 2.19. The van der Waals surface area contributed by atoms with Crippen LogP contribution in [0.15, 0.2) is 48.5 Å². The Labute approximate surface area is 137 Å². The van der Waals surface area contributed by atoms with Crippen molar-refractivity contribution in [2.45, 2.75) is 0 Å². The van der Waals surface area contributed by atoms with Gasteiger partial charge in [0, 0.05) is 10.6 Å². The molecule has 0 N–H and O–H groups in total. The third kappa shape index (κ3) is 4.42. The van der Waals surface area contributed by atoms with E-state index < -0.39 is 0 Å². The zero-order chi connectivity index (χ0) is 14.5. The summed E-state index contributed by atoms with van der Waals surface area (Å²) in [5.41, 5.74) is 0.753. The van der Waals surface area contributed by atoms with Crippen molar-refractivity contribution in [1.29, 1.82) is 0 Å². The van der Waals surface area contributed by atoms with Crippen LogP contribution in [0.1, 0.15) is 5.56 Å². The molecular formula is C14H8Cl2O2S2. The Morgan fingerprint density at radius 1 is 0.800 bits per heavy atom. The molecule has 0 fully saturated rings. The molecule has 0 amide bonds. The van der Waals surface area contributed by atoms with Crippen molar-refractivity contribution in [3.05, 3.63) is 59.1 Å². The van der Waals surface area contributed by atoms with Gasteiger partial charge < -0.3 is 9.47 Å². The van der Waals surface area contributed by atoms with E-state index in [2.05, 4.69) is 12.2 Å². The van der Waals surface area contributed by atoms with Crippen molar-refractivity contribution in [2.75, 3.05) is 0 Å². The van der Waals surface area contributed by atoms with Gasteiger partial charge in [0.2, 0.25) is 0 Å². The minimum Gasteiger partial charge on any atom is -0.445 e. The van der Waals surface area contributed by atoms with Gasteiger partial charge in [-0.05, 0) is 84.6 Å². The summed E-state index contributed by atoms with van der Waals surface area (Å²) >= 11 is 21.1. The van der Waals surface area contributed by atoms with Crippen molar-refractivity contribution in [1.82, 2.24) is 0 Å². The van der Waals surface area contributed by atoms with Gasteiger partial charge >= 0.3 is 0 Å². The van der Waals surface area contributed by atoms with Crippen LogP contribution in [0.4, 0.5) is 0 Å². The fraction of sp³-hybridized carbons (Fsp3) is 0. The summed E-state index contributed by atoms with van der Waals surface area (Å²) in [4.78, 5) is 0. The van der Waals surface area contributed by atoms with Gasteiger partial charge in [0.25, 0.3) is 4.51 Å². The summed E-state index contributed by atoms with van der Waals surface area (Å²) in [6.45, 7) is 0. The van der Waals surface area contributed by atoms with Crippen molar-refractivity contribution in [3.8, 4) is 11.5 Å². The fourth-order valence-corrected chi connectivity index (χ4v) is 1.96. The van der Waals surface area contributed by atoms with Crippen LogP contribution in [0, 0.1) is 0 Å². The van der Waals surface area contributed by atoms with Gasteiger partial charge in [-0.1, -0.05) is 11.6 Å². The van der Waals surface area contributed by atoms with E-state index in [0.717, 1.165) is 5.56 Å². The Balaban J connectivity index is 2.05. The molecule has 20 heavy (non-hydrogen) atoms. The molecule has 0 radical (unpaired) electrons. The Morgan fingerprint density at radius 3 is 1.85 bits per heavy atom. The van der Waals surface area contributed by atoms with E-state index in [-0.39, 0.29) is 4.51 Å². The second-order valence-electron chi connectivity index (χ2n) is 3.71. The molecule has 0 heterocycles. The average molecular weight is 343 g/mol. The van der Waals surface area contributed by atoms with E-state index >= 15 is 0 Å². The lowest BCUT2D eigenvalue weighted by atomic mass is 10.2. The van der Waals surface area contributed by atoms with E-state index in [9.17, 15) is 0 Å². The first-order chi connectivity index (χ1) is 9.54. The summed E-state index contributed by atoms with van der Waals surface area (Å²) in [7, 11) is 0. The maximum atomic E-state index is 5.80. The standard InChI is InChI=1S/C14H8Cl2O2S2/c15-10-3-7-11(8-4-10)17-13(19)9-1-5-12(6-2-9)18-14(16)20/h1-8H. The topological polar surface area (TPSA) is 18.5 Å². The monoisotopic (exact) mass is 342 g/mol. The number of halogens is 2. The molecule has 102 valence electrons. The molecule has 0 bridgehead atoms. The van der Waals surface area contributed by atoms with Crippen LogP contribution in [-0.2, 0) is 0 Å². The Bertz CT molecular complexity index is 625. The quantitative estimate of drug-likeness (QED) is 0.577. The van der Waals surface area contributed by atoms with Gasteiger partial charge in [-0.2, -0.15) is 0 Å². The van der Waals surface area contributed by atoms with Gasteiger partial charge in [-0.15, -0.1) is 0 Å². The zero-order valence-corrected chi connectivity index (χ0v) is 13.2. The molecule has 0 unspecified atom stereocenters. The predicted molar refractivity (Wildman–Crippen MR) is 89.3 cm³/mol. The minimum absolute atomic E-state index is 0.0576. The number of benzene rings is 2. The summed E-state index contributed by atoms with van der Waals surface area (Å²) in [6.07, 6.45) is 0. The maximum Gasteiger partial charge on any atom is 0.260 e. The number of rotatable bonds is 3. The lowest BCUT2D eigenvalue weighted by Gasteiger charge is -2.08. The molecule has 0 atom stereocenters. The molecule has 0 aromatic heterocycles. The highest BCUT2D eigenvalue weighted by molar-refractivity contribution is 7.82. The first kappa shape index (κ1) is 15.2. The number of thiocarbonyl (C=S) groups is 2. The molecule has 2 rings (SSSR count). The van der Waals surface area contributed by atoms with E-state index in [4.69, 9.17) is 44.9 Å².